The highest BCUT2D eigenvalue weighted by atomic mass is 127. The summed E-state index contributed by atoms with van der Waals surface area (Å²) in [6, 6.07) is 0. The minimum atomic E-state index is -3.08. The van der Waals surface area contributed by atoms with Crippen molar-refractivity contribution in [3.8, 4) is 0 Å². The van der Waals surface area contributed by atoms with Crippen LogP contribution < -0.4 is 10.6 Å². The Morgan fingerprint density at radius 3 is 2.19 bits per heavy atom. The Morgan fingerprint density at radius 1 is 1.10 bits per heavy atom. The molecule has 0 aromatic heterocycles. The molecule has 5 nitrogen and oxygen atoms in total. The topological polar surface area (TPSA) is 70.6 Å². The van der Waals surface area contributed by atoms with Crippen LogP contribution in [0.3, 0.4) is 0 Å². The maximum Gasteiger partial charge on any atom is 0.191 e. The van der Waals surface area contributed by atoms with Gasteiger partial charge in [-0.05, 0) is 34.1 Å². The van der Waals surface area contributed by atoms with Crippen LogP contribution in [0.1, 0.15) is 53.9 Å². The predicted octanol–water partition coefficient (Wildman–Crippen LogP) is 2.56. The molecule has 0 saturated carbocycles. The molecule has 0 amide bonds. The van der Waals surface area contributed by atoms with Crippen molar-refractivity contribution in [2.24, 2.45) is 4.99 Å². The van der Waals surface area contributed by atoms with Gasteiger partial charge in [-0.15, -0.1) is 24.0 Å². The molecule has 0 unspecified atom stereocenters. The molecule has 0 spiro atoms. The summed E-state index contributed by atoms with van der Waals surface area (Å²) < 4.78 is 23.3. The number of nitrogens with zero attached hydrogens (tertiary/aromatic N) is 1. The van der Waals surface area contributed by atoms with Gasteiger partial charge in [-0.25, -0.2) is 8.42 Å². The van der Waals surface area contributed by atoms with E-state index in [2.05, 4.69) is 22.5 Å². The summed E-state index contributed by atoms with van der Waals surface area (Å²) in [7, 11) is -3.08. The van der Waals surface area contributed by atoms with E-state index >= 15 is 0 Å². The fraction of sp³-hybridized carbons (Fsp3) is 0.929. The summed E-state index contributed by atoms with van der Waals surface area (Å²) in [5.41, 5.74) is 0. The quantitative estimate of drug-likeness (QED) is 0.267. The van der Waals surface area contributed by atoms with Crippen molar-refractivity contribution in [3.63, 3.8) is 0 Å². The number of aliphatic imine (C=N–C) groups is 1. The highest BCUT2D eigenvalue weighted by Gasteiger charge is 2.28. The van der Waals surface area contributed by atoms with Gasteiger partial charge in [0.15, 0.2) is 15.8 Å². The highest BCUT2D eigenvalue weighted by molar-refractivity contribution is 14.0. The third-order valence-corrected chi connectivity index (χ3v) is 5.58. The third-order valence-electron chi connectivity index (χ3n) is 2.97. The van der Waals surface area contributed by atoms with Crippen LogP contribution in [-0.2, 0) is 9.84 Å². The van der Waals surface area contributed by atoms with Gasteiger partial charge in [0.1, 0.15) is 0 Å². The molecule has 2 N–H and O–H groups in total. The van der Waals surface area contributed by atoms with Gasteiger partial charge < -0.3 is 10.6 Å². The van der Waals surface area contributed by atoms with Crippen molar-refractivity contribution in [1.29, 1.82) is 0 Å². The van der Waals surface area contributed by atoms with Gasteiger partial charge in [0, 0.05) is 19.6 Å². The second-order valence-electron chi connectivity index (χ2n) is 5.83. The Labute approximate surface area is 147 Å². The van der Waals surface area contributed by atoms with Crippen molar-refractivity contribution < 1.29 is 8.42 Å². The Bertz CT molecular complexity index is 390. The Balaban J connectivity index is 0. The molecule has 0 fully saturated rings. The van der Waals surface area contributed by atoms with Gasteiger partial charge in [-0.3, -0.25) is 4.99 Å². The summed E-state index contributed by atoms with van der Waals surface area (Å²) in [5.74, 6) is 0.822. The first-order valence-electron chi connectivity index (χ1n) is 7.49. The molecule has 0 aliphatic carbocycles. The minimum Gasteiger partial charge on any atom is -0.357 e. The first-order chi connectivity index (χ1) is 9.24. The molecular weight excluding hydrogens is 401 g/mol. The van der Waals surface area contributed by atoms with Crippen LogP contribution in [0.5, 0.6) is 0 Å². The van der Waals surface area contributed by atoms with E-state index < -0.39 is 14.6 Å². The maximum absolute atomic E-state index is 12.0. The van der Waals surface area contributed by atoms with Gasteiger partial charge in [0.05, 0.1) is 10.5 Å². The van der Waals surface area contributed by atoms with E-state index in [0.717, 1.165) is 19.5 Å². The van der Waals surface area contributed by atoms with Gasteiger partial charge in [-0.2, -0.15) is 0 Å². The minimum absolute atomic E-state index is 0. The molecule has 0 atom stereocenters. The molecule has 0 heterocycles. The van der Waals surface area contributed by atoms with Gasteiger partial charge in [0.2, 0.25) is 0 Å². The lowest BCUT2D eigenvalue weighted by Crippen LogP contribution is -2.41. The Morgan fingerprint density at radius 2 is 1.71 bits per heavy atom. The second kappa shape index (κ2) is 11.5. The van der Waals surface area contributed by atoms with Gasteiger partial charge in [-0.1, -0.05) is 19.8 Å². The number of sulfone groups is 1. The number of hydrogen-bond acceptors (Lipinski definition) is 3. The molecule has 0 bridgehead atoms. The van der Waals surface area contributed by atoms with Crippen LogP contribution in [-0.4, -0.2) is 44.5 Å². The Hall–Kier alpha value is -0.0500. The lowest BCUT2D eigenvalue weighted by molar-refractivity contribution is 0.559. The average Bonchev–Trinajstić information content (AvgIpc) is 2.33. The van der Waals surface area contributed by atoms with Crippen LogP contribution in [0.4, 0.5) is 0 Å². The third kappa shape index (κ3) is 10.3. The lowest BCUT2D eigenvalue weighted by atomic mass is 10.2. The molecule has 0 aromatic carbocycles. The lowest BCUT2D eigenvalue weighted by Gasteiger charge is -2.19. The van der Waals surface area contributed by atoms with Crippen LogP contribution >= 0.6 is 24.0 Å². The monoisotopic (exact) mass is 433 g/mol. The zero-order valence-electron chi connectivity index (χ0n) is 14.0. The van der Waals surface area contributed by atoms with Crippen LogP contribution in [0.15, 0.2) is 4.99 Å². The average molecular weight is 433 g/mol. The molecule has 0 aliphatic rings. The van der Waals surface area contributed by atoms with E-state index in [9.17, 15) is 8.42 Å². The number of rotatable bonds is 8. The zero-order valence-corrected chi connectivity index (χ0v) is 17.2. The predicted molar refractivity (Wildman–Crippen MR) is 102 cm³/mol. The highest BCUT2D eigenvalue weighted by Crippen LogP contribution is 2.15. The smallest absolute Gasteiger partial charge is 0.191 e. The SMILES string of the molecule is CCCCCN=C(NCC)NCCS(=O)(=O)C(C)(C)C.I. The molecule has 7 heteroatoms. The van der Waals surface area contributed by atoms with Crippen molar-refractivity contribution in [2.75, 3.05) is 25.4 Å². The number of nitrogens with one attached hydrogen (secondary N) is 2. The standard InChI is InChI=1S/C14H31N3O2S.HI/c1-6-8-9-10-16-13(15-7-2)17-11-12-20(18,19)14(3,4)5;/h6-12H2,1-5H3,(H2,15,16,17);1H. The molecular formula is C14H32IN3O2S. The van der Waals surface area contributed by atoms with E-state index in [0.29, 0.717) is 12.5 Å². The van der Waals surface area contributed by atoms with Crippen LogP contribution in [0.25, 0.3) is 0 Å². The first-order valence-corrected chi connectivity index (χ1v) is 9.14. The molecule has 0 rings (SSSR count). The van der Waals surface area contributed by atoms with Crippen LogP contribution in [0, 0.1) is 0 Å². The second-order valence-corrected chi connectivity index (χ2v) is 8.69. The number of unbranched alkanes of at least 4 members (excludes halogenated alkanes) is 2. The number of halogens is 1. The normalized spacial score (nSPS) is 12.7. The van der Waals surface area contributed by atoms with Gasteiger partial charge in [0.25, 0.3) is 0 Å². The number of guanidine groups is 1. The molecule has 21 heavy (non-hydrogen) atoms. The maximum atomic E-state index is 12.0. The molecule has 128 valence electrons. The van der Waals surface area contributed by atoms with Crippen LogP contribution in [0.2, 0.25) is 0 Å². The number of hydrogen-bond donors (Lipinski definition) is 2. The fourth-order valence-corrected chi connectivity index (χ4v) is 2.49. The van der Waals surface area contributed by atoms with E-state index in [-0.39, 0.29) is 29.7 Å². The molecule has 0 aliphatic heterocycles. The van der Waals surface area contributed by atoms with Crippen molar-refractivity contribution in [3.05, 3.63) is 0 Å². The summed E-state index contributed by atoms with van der Waals surface area (Å²) in [4.78, 5) is 4.43. The van der Waals surface area contributed by atoms with Crippen molar-refractivity contribution in [2.45, 2.75) is 58.6 Å². The summed E-state index contributed by atoms with van der Waals surface area (Å²) in [5, 5.41) is 6.21. The first kappa shape index (κ1) is 23.2. The molecule has 0 radical (unpaired) electrons. The summed E-state index contributed by atoms with van der Waals surface area (Å²) >= 11 is 0. The van der Waals surface area contributed by atoms with E-state index in [1.807, 2.05) is 6.92 Å². The molecule has 0 aromatic rings. The van der Waals surface area contributed by atoms with Gasteiger partial charge >= 0.3 is 0 Å². The fourth-order valence-electron chi connectivity index (χ4n) is 1.50. The van der Waals surface area contributed by atoms with Crippen molar-refractivity contribution >= 4 is 39.8 Å². The molecule has 0 saturated heterocycles. The van der Waals surface area contributed by atoms with E-state index in [4.69, 9.17) is 0 Å². The summed E-state index contributed by atoms with van der Waals surface area (Å²) in [6.45, 7) is 11.3. The van der Waals surface area contributed by atoms with E-state index in [1.165, 1.54) is 12.8 Å². The Kier molecular flexibility index (Phi) is 12.7. The summed E-state index contributed by atoms with van der Waals surface area (Å²) in [6.07, 6.45) is 3.40. The van der Waals surface area contributed by atoms with Crippen molar-refractivity contribution in [1.82, 2.24) is 10.6 Å². The largest absolute Gasteiger partial charge is 0.357 e. The van der Waals surface area contributed by atoms with E-state index in [1.54, 1.807) is 20.8 Å². The zero-order chi connectivity index (χ0) is 15.6.